The van der Waals surface area contributed by atoms with Crippen LogP contribution in [0.3, 0.4) is 0 Å². The van der Waals surface area contributed by atoms with Crippen molar-refractivity contribution >= 4 is 44.9 Å². The highest BCUT2D eigenvalue weighted by Crippen LogP contribution is 2.29. The highest BCUT2D eigenvalue weighted by molar-refractivity contribution is 7.18. The van der Waals surface area contributed by atoms with E-state index in [2.05, 4.69) is 40.5 Å². The largest absolute Gasteiger partial charge is 0.365 e. The molecule has 1 aromatic carbocycles. The molecule has 0 unspecified atom stereocenters. The lowest BCUT2D eigenvalue weighted by Crippen LogP contribution is -2.25. The SMILES string of the molecule is Cc1cc2c(NCc3ccc(C(=O)NCCC(C)C)cc3)nc(Cl)nc2s1. The molecular weight excluding hydrogens is 380 g/mol. The van der Waals surface area contributed by atoms with Crippen molar-refractivity contribution in [1.82, 2.24) is 15.3 Å². The van der Waals surface area contributed by atoms with Gasteiger partial charge in [-0.1, -0.05) is 26.0 Å². The number of carbonyl (C=O) groups is 1. The summed E-state index contributed by atoms with van der Waals surface area (Å²) in [6.45, 7) is 7.61. The van der Waals surface area contributed by atoms with Crippen molar-refractivity contribution in [1.29, 1.82) is 0 Å². The number of nitrogens with zero attached hydrogens (tertiary/aromatic N) is 2. The lowest BCUT2D eigenvalue weighted by molar-refractivity contribution is 0.0952. The van der Waals surface area contributed by atoms with E-state index in [1.165, 1.54) is 0 Å². The molecule has 2 aromatic heterocycles. The summed E-state index contributed by atoms with van der Waals surface area (Å²) in [7, 11) is 0. The first-order valence-corrected chi connectivity index (χ1v) is 10.2. The second-order valence-corrected chi connectivity index (χ2v) is 8.48. The highest BCUT2D eigenvalue weighted by Gasteiger charge is 2.10. The highest BCUT2D eigenvalue weighted by atomic mass is 35.5. The van der Waals surface area contributed by atoms with E-state index in [0.29, 0.717) is 24.6 Å². The second kappa shape index (κ2) is 8.67. The monoisotopic (exact) mass is 402 g/mol. The van der Waals surface area contributed by atoms with Gasteiger partial charge in [-0.2, -0.15) is 0 Å². The first kappa shape index (κ1) is 19.6. The molecule has 3 aromatic rings. The molecule has 1 amide bonds. The Morgan fingerprint density at radius 3 is 2.67 bits per heavy atom. The first-order chi connectivity index (χ1) is 12.9. The predicted octanol–water partition coefficient (Wildman–Crippen LogP) is 5.04. The third-order valence-electron chi connectivity index (χ3n) is 4.17. The molecule has 142 valence electrons. The summed E-state index contributed by atoms with van der Waals surface area (Å²) < 4.78 is 0. The van der Waals surface area contributed by atoms with Crippen molar-refractivity contribution in [3.05, 3.63) is 51.6 Å². The van der Waals surface area contributed by atoms with Gasteiger partial charge in [0.05, 0.1) is 5.39 Å². The van der Waals surface area contributed by atoms with Gasteiger partial charge in [0.25, 0.3) is 5.91 Å². The zero-order valence-electron chi connectivity index (χ0n) is 15.7. The molecule has 2 heterocycles. The van der Waals surface area contributed by atoms with Gasteiger partial charge in [0.15, 0.2) is 0 Å². The van der Waals surface area contributed by atoms with Gasteiger partial charge in [-0.05, 0) is 54.6 Å². The smallest absolute Gasteiger partial charge is 0.251 e. The number of anilines is 1. The summed E-state index contributed by atoms with van der Waals surface area (Å²) in [4.78, 5) is 22.8. The van der Waals surface area contributed by atoms with Crippen molar-refractivity contribution in [2.45, 2.75) is 33.7 Å². The molecular formula is C20H23ClN4OS. The topological polar surface area (TPSA) is 66.9 Å². The van der Waals surface area contributed by atoms with E-state index in [1.54, 1.807) is 11.3 Å². The van der Waals surface area contributed by atoms with Crippen molar-refractivity contribution < 1.29 is 4.79 Å². The number of nitrogens with one attached hydrogen (secondary N) is 2. The number of fused-ring (bicyclic) bond motifs is 1. The van der Waals surface area contributed by atoms with Gasteiger partial charge in [0.2, 0.25) is 5.28 Å². The minimum Gasteiger partial charge on any atom is -0.365 e. The average Bonchev–Trinajstić information content (AvgIpc) is 2.99. The molecule has 0 saturated carbocycles. The van der Waals surface area contributed by atoms with Gasteiger partial charge in [-0.25, -0.2) is 9.97 Å². The minimum atomic E-state index is -0.0341. The summed E-state index contributed by atoms with van der Waals surface area (Å²) in [5, 5.41) is 7.49. The van der Waals surface area contributed by atoms with Crippen LogP contribution >= 0.6 is 22.9 Å². The number of halogens is 1. The maximum atomic E-state index is 12.1. The number of carbonyl (C=O) groups excluding carboxylic acids is 1. The van der Waals surface area contributed by atoms with Crippen LogP contribution in [0.4, 0.5) is 5.82 Å². The van der Waals surface area contributed by atoms with Crippen molar-refractivity contribution in [3.8, 4) is 0 Å². The maximum absolute atomic E-state index is 12.1. The van der Waals surface area contributed by atoms with E-state index in [0.717, 1.165) is 32.9 Å². The van der Waals surface area contributed by atoms with Crippen molar-refractivity contribution in [2.75, 3.05) is 11.9 Å². The molecule has 0 spiro atoms. The molecule has 0 radical (unpaired) electrons. The number of aromatic nitrogens is 2. The fraction of sp³-hybridized carbons (Fsp3) is 0.350. The van der Waals surface area contributed by atoms with Crippen LogP contribution in [0.5, 0.6) is 0 Å². The molecule has 0 saturated heterocycles. The lowest BCUT2D eigenvalue weighted by atomic mass is 10.1. The number of hydrogen-bond donors (Lipinski definition) is 2. The molecule has 0 bridgehead atoms. The minimum absolute atomic E-state index is 0.0341. The number of aryl methyl sites for hydroxylation is 1. The van der Waals surface area contributed by atoms with E-state index in [-0.39, 0.29) is 11.2 Å². The quantitative estimate of drug-likeness (QED) is 0.543. The molecule has 0 fully saturated rings. The Balaban J connectivity index is 1.63. The Bertz CT molecular complexity index is 937. The van der Waals surface area contributed by atoms with Gasteiger partial charge in [-0.3, -0.25) is 4.79 Å². The molecule has 0 aliphatic heterocycles. The van der Waals surface area contributed by atoms with Gasteiger partial charge < -0.3 is 10.6 Å². The maximum Gasteiger partial charge on any atom is 0.251 e. The van der Waals surface area contributed by atoms with Crippen molar-refractivity contribution in [2.24, 2.45) is 5.92 Å². The van der Waals surface area contributed by atoms with E-state index in [9.17, 15) is 4.79 Å². The zero-order chi connectivity index (χ0) is 19.4. The zero-order valence-corrected chi connectivity index (χ0v) is 17.2. The van der Waals surface area contributed by atoms with E-state index < -0.39 is 0 Å². The van der Waals surface area contributed by atoms with Gasteiger partial charge in [0.1, 0.15) is 10.6 Å². The Morgan fingerprint density at radius 1 is 1.22 bits per heavy atom. The number of amides is 1. The fourth-order valence-electron chi connectivity index (χ4n) is 2.69. The molecule has 27 heavy (non-hydrogen) atoms. The fourth-order valence-corrected chi connectivity index (χ4v) is 3.79. The number of thiophene rings is 1. The normalized spacial score (nSPS) is 11.1. The van der Waals surface area contributed by atoms with Crippen molar-refractivity contribution in [3.63, 3.8) is 0 Å². The van der Waals surface area contributed by atoms with Crippen LogP contribution in [-0.2, 0) is 6.54 Å². The molecule has 0 aliphatic rings. The average molecular weight is 403 g/mol. The molecule has 5 nitrogen and oxygen atoms in total. The lowest BCUT2D eigenvalue weighted by Gasteiger charge is -2.09. The first-order valence-electron chi connectivity index (χ1n) is 8.97. The predicted molar refractivity (Wildman–Crippen MR) is 113 cm³/mol. The second-order valence-electron chi connectivity index (χ2n) is 6.91. The number of hydrogen-bond acceptors (Lipinski definition) is 5. The van der Waals surface area contributed by atoms with Crippen LogP contribution < -0.4 is 10.6 Å². The Hall–Kier alpha value is -2.18. The van der Waals surface area contributed by atoms with Crippen LogP contribution in [0, 0.1) is 12.8 Å². The van der Waals surface area contributed by atoms with E-state index >= 15 is 0 Å². The van der Waals surface area contributed by atoms with Crippen LogP contribution in [0.2, 0.25) is 5.28 Å². The van der Waals surface area contributed by atoms with Crippen LogP contribution in [0.1, 0.15) is 41.1 Å². The molecule has 0 aliphatic carbocycles. The van der Waals surface area contributed by atoms with Gasteiger partial charge in [-0.15, -0.1) is 11.3 Å². The number of benzene rings is 1. The van der Waals surface area contributed by atoms with Crippen LogP contribution in [0.25, 0.3) is 10.2 Å². The Kier molecular flexibility index (Phi) is 6.29. The Morgan fingerprint density at radius 2 is 1.96 bits per heavy atom. The molecule has 0 atom stereocenters. The molecule has 3 rings (SSSR count). The third-order valence-corrected chi connectivity index (χ3v) is 5.29. The van der Waals surface area contributed by atoms with Crippen LogP contribution in [-0.4, -0.2) is 22.4 Å². The summed E-state index contributed by atoms with van der Waals surface area (Å²) in [5.41, 5.74) is 1.73. The molecule has 2 N–H and O–H groups in total. The summed E-state index contributed by atoms with van der Waals surface area (Å²) >= 11 is 7.63. The van der Waals surface area contributed by atoms with Gasteiger partial charge >= 0.3 is 0 Å². The Labute approximate surface area is 168 Å². The summed E-state index contributed by atoms with van der Waals surface area (Å²) in [5.74, 6) is 1.27. The summed E-state index contributed by atoms with van der Waals surface area (Å²) in [6, 6.07) is 9.65. The van der Waals surface area contributed by atoms with Gasteiger partial charge in [0, 0.05) is 23.5 Å². The third kappa shape index (κ3) is 5.17. The summed E-state index contributed by atoms with van der Waals surface area (Å²) in [6.07, 6.45) is 0.978. The van der Waals surface area contributed by atoms with Crippen LogP contribution in [0.15, 0.2) is 30.3 Å². The standard InChI is InChI=1S/C20H23ClN4OS/c1-12(2)8-9-22-18(26)15-6-4-14(5-7-15)11-23-17-16-10-13(3)27-19(16)25-20(21)24-17/h4-7,10,12H,8-9,11H2,1-3H3,(H,22,26)(H,23,24,25). The van der Waals surface area contributed by atoms with E-state index in [1.807, 2.05) is 31.2 Å². The molecule has 7 heteroatoms. The number of rotatable bonds is 7. The van der Waals surface area contributed by atoms with E-state index in [4.69, 9.17) is 11.6 Å².